The van der Waals surface area contributed by atoms with Gasteiger partial charge in [-0.15, -0.1) is 10.2 Å². The number of benzene rings is 2. The minimum Gasteiger partial charge on any atom is -0.461 e. The molecule has 0 saturated carbocycles. The maximum Gasteiger partial charge on any atom is 0.205 e. The summed E-state index contributed by atoms with van der Waals surface area (Å²) in [5.41, 5.74) is 3.70. The number of nitrogens with zero attached hydrogens (tertiary/aromatic N) is 4. The lowest BCUT2D eigenvalue weighted by atomic mass is 10.2. The minimum atomic E-state index is 0.623. The Morgan fingerprint density at radius 3 is 2.68 bits per heavy atom. The molecule has 0 atom stereocenters. The van der Waals surface area contributed by atoms with Crippen LogP contribution in [0.1, 0.15) is 16.7 Å². The van der Waals surface area contributed by atoms with Crippen LogP contribution in [-0.4, -0.2) is 14.8 Å². The average Bonchev–Trinajstić information content (AvgIpc) is 3.38. The van der Waals surface area contributed by atoms with Gasteiger partial charge in [0, 0.05) is 10.8 Å². The van der Waals surface area contributed by atoms with Crippen LogP contribution >= 0.6 is 23.4 Å². The van der Waals surface area contributed by atoms with Crippen molar-refractivity contribution in [1.82, 2.24) is 14.8 Å². The molecule has 0 fully saturated rings. The molecule has 0 radical (unpaired) electrons. The second-order valence-corrected chi connectivity index (χ2v) is 7.53. The van der Waals surface area contributed by atoms with Crippen molar-refractivity contribution in [2.75, 3.05) is 0 Å². The van der Waals surface area contributed by atoms with Gasteiger partial charge in [0.1, 0.15) is 0 Å². The molecular weight excluding hydrogens is 392 g/mol. The van der Waals surface area contributed by atoms with Crippen LogP contribution in [0.15, 0.2) is 70.4 Å². The highest BCUT2D eigenvalue weighted by molar-refractivity contribution is 7.98. The van der Waals surface area contributed by atoms with E-state index in [9.17, 15) is 0 Å². The SMILES string of the molecule is Cc1ccc(Cl)cc1-n1c(SCc2ccc(C#N)cc2)nnc1-c1ccco1. The van der Waals surface area contributed by atoms with Gasteiger partial charge in [0.05, 0.1) is 23.6 Å². The van der Waals surface area contributed by atoms with Gasteiger partial charge in [0.25, 0.3) is 0 Å². The van der Waals surface area contributed by atoms with Gasteiger partial charge < -0.3 is 4.42 Å². The molecule has 2 aromatic carbocycles. The summed E-state index contributed by atoms with van der Waals surface area (Å²) in [5, 5.41) is 19.1. The van der Waals surface area contributed by atoms with E-state index in [-0.39, 0.29) is 0 Å². The first kappa shape index (κ1) is 18.4. The van der Waals surface area contributed by atoms with Crippen LogP contribution in [0, 0.1) is 18.3 Å². The lowest BCUT2D eigenvalue weighted by molar-refractivity contribution is 0.575. The summed E-state index contributed by atoms with van der Waals surface area (Å²) in [6, 6.07) is 19.1. The van der Waals surface area contributed by atoms with Crippen molar-refractivity contribution in [2.24, 2.45) is 0 Å². The summed E-state index contributed by atoms with van der Waals surface area (Å²) < 4.78 is 7.52. The van der Waals surface area contributed by atoms with Gasteiger partial charge in [0.15, 0.2) is 10.9 Å². The predicted molar refractivity (Wildman–Crippen MR) is 110 cm³/mol. The van der Waals surface area contributed by atoms with E-state index >= 15 is 0 Å². The molecule has 0 aliphatic heterocycles. The zero-order valence-electron chi connectivity index (χ0n) is 15.0. The van der Waals surface area contributed by atoms with Crippen molar-refractivity contribution < 1.29 is 4.42 Å². The Kier molecular flexibility index (Phi) is 5.20. The van der Waals surface area contributed by atoms with Crippen molar-refractivity contribution >= 4 is 23.4 Å². The molecule has 0 bridgehead atoms. The van der Waals surface area contributed by atoms with E-state index in [1.807, 2.05) is 66.1 Å². The molecule has 138 valence electrons. The number of hydrogen-bond donors (Lipinski definition) is 0. The van der Waals surface area contributed by atoms with Crippen molar-refractivity contribution in [3.05, 3.63) is 82.6 Å². The number of halogens is 1. The molecule has 0 unspecified atom stereocenters. The van der Waals surface area contributed by atoms with Gasteiger partial charge in [-0.2, -0.15) is 5.26 Å². The second kappa shape index (κ2) is 7.93. The zero-order valence-corrected chi connectivity index (χ0v) is 16.5. The van der Waals surface area contributed by atoms with Crippen molar-refractivity contribution in [1.29, 1.82) is 5.26 Å². The highest BCUT2D eigenvalue weighted by Crippen LogP contribution is 2.32. The normalized spacial score (nSPS) is 10.8. The number of hydrogen-bond acceptors (Lipinski definition) is 5. The third-order valence-corrected chi connectivity index (χ3v) is 5.47. The fraction of sp³-hybridized carbons (Fsp3) is 0.0952. The van der Waals surface area contributed by atoms with Crippen molar-refractivity contribution in [2.45, 2.75) is 17.8 Å². The van der Waals surface area contributed by atoms with Crippen LogP contribution < -0.4 is 0 Å². The number of aromatic nitrogens is 3. The largest absolute Gasteiger partial charge is 0.461 e. The standard InChI is InChI=1S/C21H15ClN4OS/c1-14-4-9-17(22)11-18(14)26-20(19-3-2-10-27-19)24-25-21(26)28-13-16-7-5-15(12-23)6-8-16/h2-11H,13H2,1H3. The number of thioether (sulfide) groups is 1. The van der Waals surface area contributed by atoms with Gasteiger partial charge in [0.2, 0.25) is 5.82 Å². The molecule has 4 rings (SSSR count). The van der Waals surface area contributed by atoms with Crippen LogP contribution in [0.2, 0.25) is 5.02 Å². The molecule has 28 heavy (non-hydrogen) atoms. The number of aryl methyl sites for hydroxylation is 1. The second-order valence-electron chi connectivity index (χ2n) is 6.15. The van der Waals surface area contributed by atoms with Crippen LogP contribution in [0.3, 0.4) is 0 Å². The predicted octanol–water partition coefficient (Wildman–Crippen LogP) is 5.65. The van der Waals surface area contributed by atoms with E-state index in [2.05, 4.69) is 16.3 Å². The van der Waals surface area contributed by atoms with E-state index in [0.29, 0.717) is 27.9 Å². The Morgan fingerprint density at radius 1 is 1.14 bits per heavy atom. The fourth-order valence-electron chi connectivity index (χ4n) is 2.79. The summed E-state index contributed by atoms with van der Waals surface area (Å²) in [5.74, 6) is 1.96. The van der Waals surface area contributed by atoms with Gasteiger partial charge in [-0.05, 0) is 54.4 Å². The lowest BCUT2D eigenvalue weighted by Gasteiger charge is -2.12. The Hall–Kier alpha value is -3.01. The van der Waals surface area contributed by atoms with Crippen LogP contribution in [0.4, 0.5) is 0 Å². The monoisotopic (exact) mass is 406 g/mol. The first-order valence-corrected chi connectivity index (χ1v) is 9.90. The van der Waals surface area contributed by atoms with Crippen LogP contribution in [-0.2, 0) is 5.75 Å². The minimum absolute atomic E-state index is 0.623. The molecule has 0 aliphatic rings. The average molecular weight is 407 g/mol. The summed E-state index contributed by atoms with van der Waals surface area (Å²) in [4.78, 5) is 0. The van der Waals surface area contributed by atoms with E-state index in [1.54, 1.807) is 18.0 Å². The van der Waals surface area contributed by atoms with E-state index < -0.39 is 0 Å². The van der Waals surface area contributed by atoms with Crippen molar-refractivity contribution in [3.8, 4) is 23.3 Å². The van der Waals surface area contributed by atoms with E-state index in [0.717, 1.165) is 22.0 Å². The Bertz CT molecular complexity index is 1140. The topological polar surface area (TPSA) is 67.6 Å². The van der Waals surface area contributed by atoms with E-state index in [4.69, 9.17) is 21.3 Å². The summed E-state index contributed by atoms with van der Waals surface area (Å²) in [7, 11) is 0. The lowest BCUT2D eigenvalue weighted by Crippen LogP contribution is -2.02. The van der Waals surface area contributed by atoms with Crippen LogP contribution in [0.25, 0.3) is 17.3 Å². The molecule has 0 N–H and O–H groups in total. The molecular formula is C21H15ClN4OS. The molecule has 0 aliphatic carbocycles. The number of nitriles is 1. The maximum atomic E-state index is 8.94. The highest BCUT2D eigenvalue weighted by atomic mass is 35.5. The summed E-state index contributed by atoms with van der Waals surface area (Å²) >= 11 is 7.82. The molecule has 2 aromatic heterocycles. The van der Waals surface area contributed by atoms with Crippen molar-refractivity contribution in [3.63, 3.8) is 0 Å². The number of rotatable bonds is 5. The Morgan fingerprint density at radius 2 is 1.96 bits per heavy atom. The van der Waals surface area contributed by atoms with Crippen LogP contribution in [0.5, 0.6) is 0 Å². The van der Waals surface area contributed by atoms with Gasteiger partial charge in [-0.25, -0.2) is 0 Å². The molecule has 4 aromatic rings. The zero-order chi connectivity index (χ0) is 19.5. The molecule has 0 amide bonds. The molecule has 0 spiro atoms. The fourth-order valence-corrected chi connectivity index (χ4v) is 3.86. The Labute approximate surface area is 171 Å². The van der Waals surface area contributed by atoms with Gasteiger partial charge in [-0.1, -0.05) is 41.6 Å². The third-order valence-electron chi connectivity index (χ3n) is 4.24. The Balaban J connectivity index is 1.73. The van der Waals surface area contributed by atoms with Gasteiger partial charge >= 0.3 is 0 Å². The molecule has 0 saturated heterocycles. The molecule has 2 heterocycles. The summed E-state index contributed by atoms with van der Waals surface area (Å²) in [6.45, 7) is 2.02. The smallest absolute Gasteiger partial charge is 0.205 e. The summed E-state index contributed by atoms with van der Waals surface area (Å²) in [6.07, 6.45) is 1.61. The first-order chi connectivity index (χ1) is 13.7. The molecule has 7 heteroatoms. The highest BCUT2D eigenvalue weighted by Gasteiger charge is 2.19. The third kappa shape index (κ3) is 3.68. The number of furan rings is 1. The maximum absolute atomic E-state index is 8.94. The first-order valence-electron chi connectivity index (χ1n) is 8.53. The van der Waals surface area contributed by atoms with Gasteiger partial charge in [-0.3, -0.25) is 4.57 Å². The molecule has 5 nitrogen and oxygen atoms in total. The quantitative estimate of drug-likeness (QED) is 0.400. The van der Waals surface area contributed by atoms with E-state index in [1.165, 1.54) is 0 Å².